The first-order valence-corrected chi connectivity index (χ1v) is 6.55. The number of benzene rings is 2. The summed E-state index contributed by atoms with van der Waals surface area (Å²) in [6, 6.07) is 20.7. The zero-order valence-corrected chi connectivity index (χ0v) is 11.3. The summed E-state index contributed by atoms with van der Waals surface area (Å²) in [5.74, 6) is 0.255. The number of hydrogen-bond donors (Lipinski definition) is 1. The molecule has 0 spiro atoms. The number of nitrogens with one attached hydrogen (secondary N) is 1. The molecule has 0 aliphatic heterocycles. The van der Waals surface area contributed by atoms with Crippen LogP contribution in [0.1, 0.15) is 24.0 Å². The average Bonchev–Trinajstić information content (AvgIpc) is 2.46. The summed E-state index contributed by atoms with van der Waals surface area (Å²) in [4.78, 5) is 0.894. The van der Waals surface area contributed by atoms with Crippen molar-refractivity contribution >= 4 is 17.2 Å². The SMILES string of the molecule is CC(C(=S)NCc1ccccc1)c1ccccc1. The molecule has 1 nitrogen and oxygen atoms in total. The summed E-state index contributed by atoms with van der Waals surface area (Å²) in [5, 5.41) is 3.33. The molecule has 1 unspecified atom stereocenters. The van der Waals surface area contributed by atoms with Gasteiger partial charge in [-0.2, -0.15) is 0 Å². The van der Waals surface area contributed by atoms with Gasteiger partial charge in [0, 0.05) is 12.5 Å². The molecule has 0 fully saturated rings. The maximum atomic E-state index is 5.45. The maximum Gasteiger partial charge on any atom is 0.0829 e. The Bertz CT molecular complexity index is 493. The summed E-state index contributed by atoms with van der Waals surface area (Å²) >= 11 is 5.45. The van der Waals surface area contributed by atoms with E-state index in [4.69, 9.17) is 12.2 Å². The summed E-state index contributed by atoms with van der Waals surface area (Å²) < 4.78 is 0. The fraction of sp³-hybridized carbons (Fsp3) is 0.188. The molecule has 0 radical (unpaired) electrons. The van der Waals surface area contributed by atoms with Gasteiger partial charge < -0.3 is 5.32 Å². The maximum absolute atomic E-state index is 5.45. The number of rotatable bonds is 4. The van der Waals surface area contributed by atoms with E-state index in [0.29, 0.717) is 0 Å². The van der Waals surface area contributed by atoms with Crippen molar-refractivity contribution in [3.05, 3.63) is 71.8 Å². The average molecular weight is 255 g/mol. The van der Waals surface area contributed by atoms with E-state index in [2.05, 4.69) is 36.5 Å². The van der Waals surface area contributed by atoms with Crippen LogP contribution in [0.4, 0.5) is 0 Å². The molecular formula is C16H17NS. The lowest BCUT2D eigenvalue weighted by molar-refractivity contribution is 0.869. The Labute approximate surface area is 114 Å². The Hall–Kier alpha value is -1.67. The van der Waals surface area contributed by atoms with E-state index in [1.54, 1.807) is 0 Å². The van der Waals surface area contributed by atoms with E-state index in [9.17, 15) is 0 Å². The van der Waals surface area contributed by atoms with Crippen molar-refractivity contribution in [2.45, 2.75) is 19.4 Å². The van der Waals surface area contributed by atoms with E-state index >= 15 is 0 Å². The van der Waals surface area contributed by atoms with Crippen molar-refractivity contribution in [2.24, 2.45) is 0 Å². The molecule has 2 heteroatoms. The molecule has 1 N–H and O–H groups in total. The normalized spacial score (nSPS) is 11.8. The van der Waals surface area contributed by atoms with Gasteiger partial charge in [-0.1, -0.05) is 79.8 Å². The molecule has 92 valence electrons. The first kappa shape index (κ1) is 12.8. The van der Waals surface area contributed by atoms with Crippen molar-refractivity contribution in [2.75, 3.05) is 0 Å². The molecule has 0 aromatic heterocycles. The van der Waals surface area contributed by atoms with Gasteiger partial charge in [-0.15, -0.1) is 0 Å². The van der Waals surface area contributed by atoms with Crippen molar-refractivity contribution in [1.82, 2.24) is 5.32 Å². The topological polar surface area (TPSA) is 12.0 Å². The molecule has 0 aliphatic rings. The molecule has 1 atom stereocenters. The molecule has 2 rings (SSSR count). The molecule has 0 saturated carbocycles. The highest BCUT2D eigenvalue weighted by atomic mass is 32.1. The molecule has 2 aromatic rings. The fourth-order valence-electron chi connectivity index (χ4n) is 1.83. The highest BCUT2D eigenvalue weighted by Gasteiger charge is 2.10. The Morgan fingerprint density at radius 3 is 2.17 bits per heavy atom. The van der Waals surface area contributed by atoms with Crippen LogP contribution in [-0.2, 0) is 6.54 Å². The fourth-order valence-corrected chi connectivity index (χ4v) is 2.04. The minimum absolute atomic E-state index is 0.255. The minimum Gasteiger partial charge on any atom is -0.375 e. The second-order valence-electron chi connectivity index (χ2n) is 4.34. The summed E-state index contributed by atoms with van der Waals surface area (Å²) in [7, 11) is 0. The van der Waals surface area contributed by atoms with E-state index in [1.807, 2.05) is 36.4 Å². The zero-order chi connectivity index (χ0) is 12.8. The summed E-state index contributed by atoms with van der Waals surface area (Å²) in [6.07, 6.45) is 0. The van der Waals surface area contributed by atoms with Gasteiger partial charge in [-0.3, -0.25) is 0 Å². The monoisotopic (exact) mass is 255 g/mol. The van der Waals surface area contributed by atoms with E-state index < -0.39 is 0 Å². The van der Waals surface area contributed by atoms with Crippen molar-refractivity contribution in [3.8, 4) is 0 Å². The Kier molecular flexibility index (Phi) is 4.48. The van der Waals surface area contributed by atoms with Crippen LogP contribution in [0.3, 0.4) is 0 Å². The lowest BCUT2D eigenvalue weighted by Gasteiger charge is -2.15. The van der Waals surface area contributed by atoms with E-state index in [0.717, 1.165) is 11.5 Å². The standard InChI is InChI=1S/C16H17NS/c1-13(15-10-6-3-7-11-15)16(18)17-12-14-8-4-2-5-9-14/h2-11,13H,12H2,1H3,(H,17,18). The van der Waals surface area contributed by atoms with Crippen LogP contribution in [-0.4, -0.2) is 4.99 Å². The molecule has 2 aromatic carbocycles. The van der Waals surface area contributed by atoms with Gasteiger partial charge in [-0.05, 0) is 11.1 Å². The highest BCUT2D eigenvalue weighted by molar-refractivity contribution is 7.80. The second kappa shape index (κ2) is 6.31. The third-order valence-corrected chi connectivity index (χ3v) is 3.50. The molecule has 18 heavy (non-hydrogen) atoms. The molecular weight excluding hydrogens is 238 g/mol. The third-order valence-electron chi connectivity index (χ3n) is 3.00. The Balaban J connectivity index is 1.93. The van der Waals surface area contributed by atoms with Crippen molar-refractivity contribution in [1.29, 1.82) is 0 Å². The van der Waals surface area contributed by atoms with Crippen LogP contribution in [0.2, 0.25) is 0 Å². The minimum atomic E-state index is 0.255. The van der Waals surface area contributed by atoms with Crippen LogP contribution in [0, 0.1) is 0 Å². The van der Waals surface area contributed by atoms with E-state index in [1.165, 1.54) is 11.1 Å². The second-order valence-corrected chi connectivity index (χ2v) is 4.78. The van der Waals surface area contributed by atoms with Gasteiger partial charge in [0.2, 0.25) is 0 Å². The number of hydrogen-bond acceptors (Lipinski definition) is 1. The smallest absolute Gasteiger partial charge is 0.0829 e. The summed E-state index contributed by atoms with van der Waals surface area (Å²) in [6.45, 7) is 2.92. The largest absolute Gasteiger partial charge is 0.375 e. The number of thiocarbonyl (C=S) groups is 1. The lowest BCUT2D eigenvalue weighted by atomic mass is 10.0. The van der Waals surface area contributed by atoms with Gasteiger partial charge in [0.05, 0.1) is 4.99 Å². The van der Waals surface area contributed by atoms with Gasteiger partial charge in [0.25, 0.3) is 0 Å². The Morgan fingerprint density at radius 1 is 1.00 bits per heavy atom. The molecule has 0 heterocycles. The van der Waals surface area contributed by atoms with Gasteiger partial charge in [0.1, 0.15) is 0 Å². The molecule has 0 amide bonds. The van der Waals surface area contributed by atoms with Crippen molar-refractivity contribution in [3.63, 3.8) is 0 Å². The van der Waals surface area contributed by atoms with Crippen LogP contribution >= 0.6 is 12.2 Å². The van der Waals surface area contributed by atoms with Crippen LogP contribution in [0.5, 0.6) is 0 Å². The van der Waals surface area contributed by atoms with Crippen molar-refractivity contribution < 1.29 is 0 Å². The zero-order valence-electron chi connectivity index (χ0n) is 10.5. The quantitative estimate of drug-likeness (QED) is 0.831. The van der Waals surface area contributed by atoms with Gasteiger partial charge >= 0.3 is 0 Å². The highest BCUT2D eigenvalue weighted by Crippen LogP contribution is 2.15. The lowest BCUT2D eigenvalue weighted by Crippen LogP contribution is -2.25. The van der Waals surface area contributed by atoms with Crippen LogP contribution < -0.4 is 5.32 Å². The summed E-state index contributed by atoms with van der Waals surface area (Å²) in [5.41, 5.74) is 2.50. The molecule has 0 aliphatic carbocycles. The molecule has 0 bridgehead atoms. The first-order chi connectivity index (χ1) is 8.77. The van der Waals surface area contributed by atoms with Crippen LogP contribution in [0.15, 0.2) is 60.7 Å². The van der Waals surface area contributed by atoms with E-state index in [-0.39, 0.29) is 5.92 Å². The van der Waals surface area contributed by atoms with Crippen LogP contribution in [0.25, 0.3) is 0 Å². The molecule has 0 saturated heterocycles. The van der Waals surface area contributed by atoms with Gasteiger partial charge in [0.15, 0.2) is 0 Å². The van der Waals surface area contributed by atoms with Gasteiger partial charge in [-0.25, -0.2) is 0 Å². The predicted molar refractivity (Wildman–Crippen MR) is 80.7 cm³/mol. The third kappa shape index (κ3) is 3.41. The predicted octanol–water partition coefficient (Wildman–Crippen LogP) is 3.91. The first-order valence-electron chi connectivity index (χ1n) is 6.14. The Morgan fingerprint density at radius 2 is 1.56 bits per heavy atom.